The molecule has 0 aromatic heterocycles. The second kappa shape index (κ2) is 7.62. The summed E-state index contributed by atoms with van der Waals surface area (Å²) in [5.41, 5.74) is 5.77. The largest absolute Gasteiger partial charge is 0.454 e. The van der Waals surface area contributed by atoms with Gasteiger partial charge in [0.1, 0.15) is 11.9 Å². The van der Waals surface area contributed by atoms with Crippen LogP contribution in [0, 0.1) is 6.92 Å². The van der Waals surface area contributed by atoms with E-state index in [1.807, 2.05) is 31.2 Å². The van der Waals surface area contributed by atoms with Gasteiger partial charge in [0.15, 0.2) is 0 Å². The van der Waals surface area contributed by atoms with Crippen LogP contribution in [-0.2, 0) is 20.7 Å². The Labute approximate surface area is 159 Å². The Morgan fingerprint density at radius 2 is 1.96 bits per heavy atom. The van der Waals surface area contributed by atoms with Crippen molar-refractivity contribution in [1.82, 2.24) is 0 Å². The predicted octanol–water partition coefficient (Wildman–Crippen LogP) is 4.86. The fourth-order valence-corrected chi connectivity index (χ4v) is 3.38. The molecule has 0 amide bonds. The highest BCUT2D eigenvalue weighted by atomic mass is 16.5. The topological polar surface area (TPSA) is 52.6 Å². The molecule has 1 unspecified atom stereocenters. The van der Waals surface area contributed by atoms with Crippen LogP contribution in [0.2, 0.25) is 0 Å². The zero-order valence-corrected chi connectivity index (χ0v) is 15.6. The van der Waals surface area contributed by atoms with Gasteiger partial charge in [0.25, 0.3) is 0 Å². The third-order valence-corrected chi connectivity index (χ3v) is 4.69. The summed E-state index contributed by atoms with van der Waals surface area (Å²) in [4.78, 5) is 23.3. The highest BCUT2D eigenvalue weighted by molar-refractivity contribution is 5.89. The lowest BCUT2D eigenvalue weighted by Crippen LogP contribution is -2.08. The number of aryl methyl sites for hydroxylation is 1. The molecule has 1 atom stereocenters. The van der Waals surface area contributed by atoms with E-state index in [9.17, 15) is 9.59 Å². The molecule has 0 spiro atoms. The quantitative estimate of drug-likeness (QED) is 0.433. The molecule has 27 heavy (non-hydrogen) atoms. The van der Waals surface area contributed by atoms with E-state index < -0.39 is 11.9 Å². The molecular formula is C23H22O4. The van der Waals surface area contributed by atoms with E-state index >= 15 is 0 Å². The van der Waals surface area contributed by atoms with E-state index in [0.717, 1.165) is 35.1 Å². The monoisotopic (exact) mass is 362 g/mol. The molecule has 2 aromatic carbocycles. The molecule has 0 aliphatic heterocycles. The SMILES string of the molecule is C=CC(=O)OC1CCc2c(-c3ccc(OC(=O)C(=C)C)cc3C)cccc21. The molecule has 0 heterocycles. The zero-order chi connectivity index (χ0) is 19.6. The predicted molar refractivity (Wildman–Crippen MR) is 104 cm³/mol. The standard InChI is InChI=1S/C23H22O4/c1-5-22(24)27-21-12-11-19-18(7-6-8-20(19)21)17-10-9-16(13-15(17)4)26-23(25)14(2)3/h5-10,13,21H,1-2,11-12H2,3-4H3. The minimum atomic E-state index is -0.436. The number of hydrogen-bond donors (Lipinski definition) is 0. The Morgan fingerprint density at radius 3 is 2.63 bits per heavy atom. The van der Waals surface area contributed by atoms with Gasteiger partial charge in [0.2, 0.25) is 0 Å². The van der Waals surface area contributed by atoms with Crippen LogP contribution in [0.5, 0.6) is 5.75 Å². The van der Waals surface area contributed by atoms with E-state index in [1.165, 1.54) is 11.6 Å². The van der Waals surface area contributed by atoms with E-state index in [0.29, 0.717) is 11.3 Å². The summed E-state index contributed by atoms with van der Waals surface area (Å²) in [5.74, 6) is -0.345. The number of hydrogen-bond acceptors (Lipinski definition) is 4. The Kier molecular flexibility index (Phi) is 5.26. The average Bonchev–Trinajstić information content (AvgIpc) is 3.05. The van der Waals surface area contributed by atoms with E-state index in [1.54, 1.807) is 13.0 Å². The van der Waals surface area contributed by atoms with E-state index in [2.05, 4.69) is 19.2 Å². The maximum atomic E-state index is 11.7. The maximum absolute atomic E-state index is 11.7. The average molecular weight is 362 g/mol. The smallest absolute Gasteiger partial charge is 0.338 e. The number of fused-ring (bicyclic) bond motifs is 1. The van der Waals surface area contributed by atoms with Crippen LogP contribution >= 0.6 is 0 Å². The number of carbonyl (C=O) groups excluding carboxylic acids is 2. The molecule has 4 heteroatoms. The molecule has 1 aliphatic carbocycles. The first kappa shape index (κ1) is 18.6. The minimum absolute atomic E-state index is 0.235. The second-order valence-corrected chi connectivity index (χ2v) is 6.69. The number of ether oxygens (including phenoxy) is 2. The Balaban J connectivity index is 1.92. The van der Waals surface area contributed by atoms with Crippen molar-refractivity contribution in [3.8, 4) is 16.9 Å². The highest BCUT2D eigenvalue weighted by Crippen LogP contribution is 2.41. The minimum Gasteiger partial charge on any atom is -0.454 e. The van der Waals surface area contributed by atoms with Crippen molar-refractivity contribution in [3.05, 3.63) is 77.9 Å². The number of benzene rings is 2. The van der Waals surface area contributed by atoms with Crippen molar-refractivity contribution in [1.29, 1.82) is 0 Å². The van der Waals surface area contributed by atoms with Crippen LogP contribution in [0.4, 0.5) is 0 Å². The van der Waals surface area contributed by atoms with Crippen molar-refractivity contribution in [2.75, 3.05) is 0 Å². The molecule has 0 bridgehead atoms. The molecule has 0 radical (unpaired) electrons. The Bertz CT molecular complexity index is 939. The molecule has 0 saturated carbocycles. The van der Waals surface area contributed by atoms with Gasteiger partial charge in [-0.25, -0.2) is 9.59 Å². The molecule has 3 rings (SSSR count). The fraction of sp³-hybridized carbons (Fsp3) is 0.217. The summed E-state index contributed by atoms with van der Waals surface area (Å²) in [5, 5.41) is 0. The van der Waals surface area contributed by atoms with Crippen LogP contribution in [0.3, 0.4) is 0 Å². The summed E-state index contributed by atoms with van der Waals surface area (Å²) in [6.45, 7) is 10.7. The molecule has 0 saturated heterocycles. The summed E-state index contributed by atoms with van der Waals surface area (Å²) < 4.78 is 10.8. The van der Waals surface area contributed by atoms with Crippen molar-refractivity contribution in [2.45, 2.75) is 32.8 Å². The van der Waals surface area contributed by atoms with Crippen LogP contribution in [0.25, 0.3) is 11.1 Å². The van der Waals surface area contributed by atoms with Crippen molar-refractivity contribution >= 4 is 11.9 Å². The van der Waals surface area contributed by atoms with Crippen molar-refractivity contribution in [3.63, 3.8) is 0 Å². The zero-order valence-electron chi connectivity index (χ0n) is 15.6. The molecule has 138 valence electrons. The van der Waals surface area contributed by atoms with Gasteiger partial charge in [0.05, 0.1) is 0 Å². The van der Waals surface area contributed by atoms with Crippen LogP contribution in [-0.4, -0.2) is 11.9 Å². The normalized spacial score (nSPS) is 15.0. The summed E-state index contributed by atoms with van der Waals surface area (Å²) in [7, 11) is 0. The lowest BCUT2D eigenvalue weighted by molar-refractivity contribution is -0.143. The summed E-state index contributed by atoms with van der Waals surface area (Å²) in [6.07, 6.45) is 2.56. The lowest BCUT2D eigenvalue weighted by atomic mass is 9.93. The third kappa shape index (κ3) is 3.85. The molecule has 0 N–H and O–H groups in total. The van der Waals surface area contributed by atoms with Crippen LogP contribution in [0.1, 0.15) is 36.1 Å². The first-order chi connectivity index (χ1) is 12.9. The van der Waals surface area contributed by atoms with Gasteiger partial charge in [-0.05, 0) is 66.6 Å². The Hall–Kier alpha value is -3.14. The molecule has 2 aromatic rings. The van der Waals surface area contributed by atoms with Crippen LogP contribution in [0.15, 0.2) is 61.2 Å². The highest BCUT2D eigenvalue weighted by Gasteiger charge is 2.27. The first-order valence-electron chi connectivity index (χ1n) is 8.84. The van der Waals surface area contributed by atoms with Gasteiger partial charge in [-0.2, -0.15) is 0 Å². The third-order valence-electron chi connectivity index (χ3n) is 4.69. The molecule has 4 nitrogen and oxygen atoms in total. The maximum Gasteiger partial charge on any atom is 0.338 e. The Morgan fingerprint density at radius 1 is 1.19 bits per heavy atom. The molecular weight excluding hydrogens is 340 g/mol. The number of carbonyl (C=O) groups is 2. The first-order valence-corrected chi connectivity index (χ1v) is 8.84. The second-order valence-electron chi connectivity index (χ2n) is 6.69. The van der Waals surface area contributed by atoms with Gasteiger partial charge < -0.3 is 9.47 Å². The van der Waals surface area contributed by atoms with Gasteiger partial charge in [0, 0.05) is 11.6 Å². The van der Waals surface area contributed by atoms with Gasteiger partial charge >= 0.3 is 11.9 Å². The molecule has 1 aliphatic rings. The van der Waals surface area contributed by atoms with Gasteiger partial charge in [-0.15, -0.1) is 0 Å². The summed E-state index contributed by atoms with van der Waals surface area (Å²) >= 11 is 0. The van der Waals surface area contributed by atoms with Gasteiger partial charge in [-0.1, -0.05) is 37.4 Å². The van der Waals surface area contributed by atoms with Crippen molar-refractivity contribution < 1.29 is 19.1 Å². The number of esters is 2. The number of rotatable bonds is 5. The van der Waals surface area contributed by atoms with Gasteiger partial charge in [-0.3, -0.25) is 0 Å². The summed E-state index contributed by atoms with van der Waals surface area (Å²) in [6, 6.07) is 11.6. The molecule has 0 fully saturated rings. The lowest BCUT2D eigenvalue weighted by Gasteiger charge is -2.15. The van der Waals surface area contributed by atoms with Crippen molar-refractivity contribution in [2.24, 2.45) is 0 Å². The van der Waals surface area contributed by atoms with E-state index in [-0.39, 0.29) is 6.10 Å². The fourth-order valence-electron chi connectivity index (χ4n) is 3.38. The van der Waals surface area contributed by atoms with Crippen LogP contribution < -0.4 is 4.74 Å². The van der Waals surface area contributed by atoms with E-state index in [4.69, 9.17) is 9.47 Å².